The first-order valence-electron chi connectivity index (χ1n) is 6.09. The van der Waals surface area contributed by atoms with Crippen LogP contribution >= 0.6 is 0 Å². The van der Waals surface area contributed by atoms with E-state index >= 15 is 0 Å². The van der Waals surface area contributed by atoms with Gasteiger partial charge in [-0.25, -0.2) is 14.0 Å². The zero-order valence-electron chi connectivity index (χ0n) is 10.9. The third kappa shape index (κ3) is 3.24. The lowest BCUT2D eigenvalue weighted by Crippen LogP contribution is -2.48. The van der Waals surface area contributed by atoms with Crippen LogP contribution in [0.2, 0.25) is 0 Å². The number of carboxylic acids is 1. The van der Waals surface area contributed by atoms with E-state index in [-0.39, 0.29) is 11.3 Å². The lowest BCUT2D eigenvalue weighted by molar-refractivity contribution is 0.0698. The Bertz CT molecular complexity index is 541. The minimum Gasteiger partial charge on any atom is -0.478 e. The van der Waals surface area contributed by atoms with E-state index in [9.17, 15) is 14.0 Å². The second kappa shape index (κ2) is 5.46. The van der Waals surface area contributed by atoms with Gasteiger partial charge in [0.2, 0.25) is 0 Å². The van der Waals surface area contributed by atoms with Gasteiger partial charge in [0, 0.05) is 6.61 Å². The summed E-state index contributed by atoms with van der Waals surface area (Å²) in [7, 11) is 0. The van der Waals surface area contributed by atoms with E-state index < -0.39 is 23.4 Å². The lowest BCUT2D eigenvalue weighted by atomic mass is 10.0. The summed E-state index contributed by atoms with van der Waals surface area (Å²) < 4.78 is 18.4. The van der Waals surface area contributed by atoms with Gasteiger partial charge >= 0.3 is 12.0 Å². The van der Waals surface area contributed by atoms with Crippen LogP contribution in [0.25, 0.3) is 0 Å². The smallest absolute Gasteiger partial charge is 0.337 e. The number of hydrogen-bond acceptors (Lipinski definition) is 3. The summed E-state index contributed by atoms with van der Waals surface area (Å²) in [6.45, 7) is 2.76. The number of carbonyl (C=O) groups is 2. The largest absolute Gasteiger partial charge is 0.478 e. The van der Waals surface area contributed by atoms with Crippen LogP contribution in [0.4, 0.5) is 14.9 Å². The van der Waals surface area contributed by atoms with Gasteiger partial charge in [-0.15, -0.1) is 0 Å². The average molecular weight is 282 g/mol. The zero-order valence-corrected chi connectivity index (χ0v) is 10.9. The van der Waals surface area contributed by atoms with E-state index in [0.29, 0.717) is 19.6 Å². The second-order valence-electron chi connectivity index (χ2n) is 4.94. The normalized spacial score (nSPS) is 21.5. The molecule has 1 aromatic carbocycles. The number of nitrogens with one attached hydrogen (secondary N) is 2. The van der Waals surface area contributed by atoms with Crippen molar-refractivity contribution in [2.45, 2.75) is 18.9 Å². The number of anilines is 1. The number of ether oxygens (including phenoxy) is 1. The lowest BCUT2D eigenvalue weighted by Gasteiger charge is -2.23. The first kappa shape index (κ1) is 14.3. The van der Waals surface area contributed by atoms with Gasteiger partial charge < -0.3 is 20.5 Å². The van der Waals surface area contributed by atoms with E-state index in [1.807, 2.05) is 6.92 Å². The molecule has 6 nitrogen and oxygen atoms in total. The van der Waals surface area contributed by atoms with Crippen LogP contribution in [0.1, 0.15) is 23.7 Å². The molecule has 2 amide bonds. The molecule has 0 saturated carbocycles. The monoisotopic (exact) mass is 282 g/mol. The number of carbonyl (C=O) groups excluding carboxylic acids is 1. The highest BCUT2D eigenvalue weighted by Crippen LogP contribution is 2.20. The number of urea groups is 1. The van der Waals surface area contributed by atoms with Crippen molar-refractivity contribution in [1.29, 1.82) is 0 Å². The van der Waals surface area contributed by atoms with Gasteiger partial charge in [0.05, 0.1) is 23.4 Å². The number of hydrogen-bond donors (Lipinski definition) is 3. The molecule has 1 aromatic rings. The maximum atomic E-state index is 13.2. The molecule has 108 valence electrons. The van der Waals surface area contributed by atoms with E-state index in [1.54, 1.807) is 0 Å². The second-order valence-corrected chi connectivity index (χ2v) is 4.94. The third-order valence-electron chi connectivity index (χ3n) is 3.09. The molecule has 1 unspecified atom stereocenters. The molecule has 0 aliphatic carbocycles. The summed E-state index contributed by atoms with van der Waals surface area (Å²) in [5.41, 5.74) is -0.757. The molecule has 7 heteroatoms. The fourth-order valence-corrected chi connectivity index (χ4v) is 2.00. The molecule has 1 saturated heterocycles. The maximum Gasteiger partial charge on any atom is 0.337 e. The van der Waals surface area contributed by atoms with Crippen molar-refractivity contribution in [3.8, 4) is 0 Å². The van der Waals surface area contributed by atoms with Crippen molar-refractivity contribution in [2.24, 2.45) is 0 Å². The Balaban J connectivity index is 2.11. The van der Waals surface area contributed by atoms with Crippen LogP contribution in [-0.4, -0.2) is 35.9 Å². The van der Waals surface area contributed by atoms with Gasteiger partial charge in [-0.1, -0.05) is 0 Å². The minimum atomic E-state index is -1.24. The molecule has 2 rings (SSSR count). The third-order valence-corrected chi connectivity index (χ3v) is 3.09. The average Bonchev–Trinajstić information content (AvgIpc) is 2.74. The maximum absolute atomic E-state index is 13.2. The van der Waals surface area contributed by atoms with Crippen molar-refractivity contribution in [3.63, 3.8) is 0 Å². The summed E-state index contributed by atoms with van der Waals surface area (Å²) in [6, 6.07) is 2.51. The van der Waals surface area contributed by atoms with Crippen LogP contribution in [0, 0.1) is 5.82 Å². The Morgan fingerprint density at radius 2 is 2.20 bits per heavy atom. The van der Waals surface area contributed by atoms with Gasteiger partial charge in [-0.05, 0) is 31.5 Å². The standard InChI is InChI=1S/C13H15FN2O4/c1-13(4-5-20-7-13)16-12(19)15-10-6-8(14)2-3-9(10)11(17)18/h2-3,6H,4-5,7H2,1H3,(H,17,18)(H2,15,16,19). The van der Waals surface area contributed by atoms with E-state index in [2.05, 4.69) is 10.6 Å². The molecule has 3 N–H and O–H groups in total. The van der Waals surface area contributed by atoms with Crippen molar-refractivity contribution in [1.82, 2.24) is 5.32 Å². The highest BCUT2D eigenvalue weighted by Gasteiger charge is 2.31. The number of carboxylic acid groups (broad SMARTS) is 1. The Kier molecular flexibility index (Phi) is 3.89. The van der Waals surface area contributed by atoms with E-state index in [1.165, 1.54) is 0 Å². The van der Waals surface area contributed by atoms with Crippen molar-refractivity contribution in [2.75, 3.05) is 18.5 Å². The predicted octanol–water partition coefficient (Wildman–Crippen LogP) is 1.82. The fourth-order valence-electron chi connectivity index (χ4n) is 2.00. The molecule has 0 bridgehead atoms. The Labute approximate surface area is 114 Å². The molecule has 1 fully saturated rings. The first-order chi connectivity index (χ1) is 9.39. The Morgan fingerprint density at radius 1 is 1.45 bits per heavy atom. The summed E-state index contributed by atoms with van der Waals surface area (Å²) >= 11 is 0. The van der Waals surface area contributed by atoms with Gasteiger partial charge in [0.1, 0.15) is 5.82 Å². The molecule has 1 aliphatic rings. The number of rotatable bonds is 3. The van der Waals surface area contributed by atoms with Gasteiger partial charge in [0.25, 0.3) is 0 Å². The molecule has 0 aromatic heterocycles. The Hall–Kier alpha value is -2.15. The van der Waals surface area contributed by atoms with E-state index in [4.69, 9.17) is 9.84 Å². The molecule has 0 spiro atoms. The molecule has 0 radical (unpaired) electrons. The molecule has 20 heavy (non-hydrogen) atoms. The van der Waals surface area contributed by atoms with Gasteiger partial charge in [-0.2, -0.15) is 0 Å². The summed E-state index contributed by atoms with van der Waals surface area (Å²) in [6.07, 6.45) is 0.662. The predicted molar refractivity (Wildman–Crippen MR) is 69.4 cm³/mol. The summed E-state index contributed by atoms with van der Waals surface area (Å²) in [5.74, 6) is -1.86. The molecule has 1 atom stereocenters. The fraction of sp³-hybridized carbons (Fsp3) is 0.385. The van der Waals surface area contributed by atoms with Crippen molar-refractivity contribution >= 4 is 17.7 Å². The van der Waals surface area contributed by atoms with Crippen molar-refractivity contribution in [3.05, 3.63) is 29.6 Å². The quantitative estimate of drug-likeness (QED) is 0.789. The molecule has 1 heterocycles. The minimum absolute atomic E-state index is 0.0856. The highest BCUT2D eigenvalue weighted by molar-refractivity contribution is 6.00. The van der Waals surface area contributed by atoms with Gasteiger partial charge in [-0.3, -0.25) is 0 Å². The number of benzene rings is 1. The van der Waals surface area contributed by atoms with Crippen LogP contribution in [0.5, 0.6) is 0 Å². The summed E-state index contributed by atoms with van der Waals surface area (Å²) in [4.78, 5) is 22.9. The number of halogens is 1. The number of aromatic carboxylic acids is 1. The number of amides is 2. The molecule has 1 aliphatic heterocycles. The van der Waals surface area contributed by atoms with Crippen LogP contribution < -0.4 is 10.6 Å². The van der Waals surface area contributed by atoms with Crippen molar-refractivity contribution < 1.29 is 23.8 Å². The molecular formula is C13H15FN2O4. The Morgan fingerprint density at radius 3 is 2.80 bits per heavy atom. The van der Waals surface area contributed by atoms with Crippen LogP contribution in [0.3, 0.4) is 0 Å². The zero-order chi connectivity index (χ0) is 14.8. The first-order valence-corrected chi connectivity index (χ1v) is 6.09. The molecular weight excluding hydrogens is 267 g/mol. The SMILES string of the molecule is CC1(NC(=O)Nc2cc(F)ccc2C(=O)O)CCOC1. The topological polar surface area (TPSA) is 87.7 Å². The summed E-state index contributed by atoms with van der Waals surface area (Å²) in [5, 5.41) is 14.0. The van der Waals surface area contributed by atoms with Crippen LogP contribution in [-0.2, 0) is 4.74 Å². The highest BCUT2D eigenvalue weighted by atomic mass is 19.1. The van der Waals surface area contributed by atoms with Gasteiger partial charge in [0.15, 0.2) is 0 Å². The van der Waals surface area contributed by atoms with E-state index in [0.717, 1.165) is 18.2 Å². The van der Waals surface area contributed by atoms with Crippen LogP contribution in [0.15, 0.2) is 18.2 Å².